The van der Waals surface area contributed by atoms with Crippen molar-refractivity contribution < 1.29 is 14.3 Å². The van der Waals surface area contributed by atoms with Crippen LogP contribution in [-0.2, 0) is 7.05 Å². The average molecular weight is 398 g/mol. The minimum Gasteiger partial charge on any atom is -0.490 e. The van der Waals surface area contributed by atoms with Gasteiger partial charge in [-0.1, -0.05) is 42.1 Å². The lowest BCUT2D eigenvalue weighted by molar-refractivity contribution is 0.112. The number of hydrogen-bond acceptors (Lipinski definition) is 6. The van der Waals surface area contributed by atoms with E-state index < -0.39 is 0 Å². The second kappa shape index (κ2) is 9.94. The first-order valence-electron chi connectivity index (χ1n) is 9.15. The van der Waals surface area contributed by atoms with Crippen LogP contribution in [0.2, 0.25) is 0 Å². The van der Waals surface area contributed by atoms with Gasteiger partial charge < -0.3 is 14.0 Å². The molecule has 6 nitrogen and oxygen atoms in total. The van der Waals surface area contributed by atoms with Gasteiger partial charge >= 0.3 is 0 Å². The van der Waals surface area contributed by atoms with Crippen LogP contribution in [0.4, 0.5) is 0 Å². The standard InChI is InChI=1S/C21H23N3O3S/c1-3-26-19-14-16(15-25)10-11-18(19)27-12-7-13-28-21-23-22-20(24(21)2)17-8-5-4-6-9-17/h4-6,8-11,14-15H,3,7,12-13H2,1-2H3. The smallest absolute Gasteiger partial charge is 0.191 e. The number of nitrogens with zero attached hydrogens (tertiary/aromatic N) is 3. The van der Waals surface area contributed by atoms with Crippen LogP contribution in [0.5, 0.6) is 11.5 Å². The van der Waals surface area contributed by atoms with Crippen molar-refractivity contribution in [2.24, 2.45) is 7.05 Å². The number of hydrogen-bond donors (Lipinski definition) is 0. The number of aldehydes is 1. The molecule has 0 aliphatic rings. The molecule has 0 spiro atoms. The first kappa shape index (κ1) is 19.9. The first-order valence-corrected chi connectivity index (χ1v) is 10.1. The monoisotopic (exact) mass is 397 g/mol. The molecular formula is C21H23N3O3S. The Bertz CT molecular complexity index is 913. The quantitative estimate of drug-likeness (QED) is 0.289. The van der Waals surface area contributed by atoms with Crippen molar-refractivity contribution in [1.82, 2.24) is 14.8 Å². The second-order valence-electron chi connectivity index (χ2n) is 6.04. The zero-order valence-corrected chi connectivity index (χ0v) is 16.8. The van der Waals surface area contributed by atoms with E-state index >= 15 is 0 Å². The van der Waals surface area contributed by atoms with Gasteiger partial charge in [0, 0.05) is 23.9 Å². The highest BCUT2D eigenvalue weighted by Crippen LogP contribution is 2.28. The maximum atomic E-state index is 10.9. The molecule has 7 heteroatoms. The van der Waals surface area contributed by atoms with Gasteiger partial charge in [-0.3, -0.25) is 4.79 Å². The average Bonchev–Trinajstić information content (AvgIpc) is 3.10. The Morgan fingerprint density at radius 3 is 2.64 bits per heavy atom. The Morgan fingerprint density at radius 2 is 1.89 bits per heavy atom. The molecule has 1 heterocycles. The summed E-state index contributed by atoms with van der Waals surface area (Å²) in [4.78, 5) is 10.9. The Labute approximate surface area is 168 Å². The SMILES string of the molecule is CCOc1cc(C=O)ccc1OCCCSc1nnc(-c2ccccc2)n1C. The Kier molecular flexibility index (Phi) is 7.08. The largest absolute Gasteiger partial charge is 0.490 e. The second-order valence-corrected chi connectivity index (χ2v) is 7.10. The molecule has 0 atom stereocenters. The van der Waals surface area contributed by atoms with Crippen molar-refractivity contribution >= 4 is 18.0 Å². The summed E-state index contributed by atoms with van der Waals surface area (Å²) in [6, 6.07) is 15.2. The molecule has 28 heavy (non-hydrogen) atoms. The fourth-order valence-corrected chi connectivity index (χ4v) is 3.49. The van der Waals surface area contributed by atoms with Gasteiger partial charge in [-0.2, -0.15) is 0 Å². The lowest BCUT2D eigenvalue weighted by Gasteiger charge is -2.12. The Hall–Kier alpha value is -2.80. The molecule has 0 saturated heterocycles. The van der Waals surface area contributed by atoms with Crippen LogP contribution >= 0.6 is 11.8 Å². The summed E-state index contributed by atoms with van der Waals surface area (Å²) in [5.74, 6) is 2.97. The number of ether oxygens (including phenoxy) is 2. The molecule has 1 aromatic heterocycles. The molecule has 0 fully saturated rings. The van der Waals surface area contributed by atoms with Crippen molar-refractivity contribution in [2.75, 3.05) is 19.0 Å². The summed E-state index contributed by atoms with van der Waals surface area (Å²) in [5, 5.41) is 9.46. The molecule has 0 N–H and O–H groups in total. The van der Waals surface area contributed by atoms with E-state index in [0.717, 1.165) is 35.0 Å². The zero-order chi connectivity index (χ0) is 19.8. The highest BCUT2D eigenvalue weighted by Gasteiger charge is 2.11. The minimum atomic E-state index is 0.518. The maximum absolute atomic E-state index is 10.9. The molecule has 0 radical (unpaired) electrons. The van der Waals surface area contributed by atoms with Crippen molar-refractivity contribution in [3.63, 3.8) is 0 Å². The van der Waals surface area contributed by atoms with Gasteiger partial charge in [0.15, 0.2) is 22.5 Å². The summed E-state index contributed by atoms with van der Waals surface area (Å²) in [7, 11) is 1.98. The number of carbonyl (C=O) groups excluding carboxylic acids is 1. The molecule has 0 amide bonds. The summed E-state index contributed by atoms with van der Waals surface area (Å²) < 4.78 is 13.4. The molecule has 0 aliphatic carbocycles. The maximum Gasteiger partial charge on any atom is 0.191 e. The van der Waals surface area contributed by atoms with Crippen LogP contribution in [0.15, 0.2) is 53.7 Å². The van der Waals surface area contributed by atoms with Gasteiger partial charge in [-0.05, 0) is 31.5 Å². The zero-order valence-electron chi connectivity index (χ0n) is 16.0. The van der Waals surface area contributed by atoms with Crippen LogP contribution in [-0.4, -0.2) is 40.0 Å². The summed E-state index contributed by atoms with van der Waals surface area (Å²) in [5.41, 5.74) is 1.62. The van der Waals surface area contributed by atoms with E-state index in [2.05, 4.69) is 10.2 Å². The fourth-order valence-electron chi connectivity index (χ4n) is 2.67. The van der Waals surface area contributed by atoms with Crippen LogP contribution in [0, 0.1) is 0 Å². The lowest BCUT2D eigenvalue weighted by Crippen LogP contribution is -2.03. The number of rotatable bonds is 10. The summed E-state index contributed by atoms with van der Waals surface area (Å²) in [6.45, 7) is 2.97. The number of benzene rings is 2. The minimum absolute atomic E-state index is 0.518. The molecule has 0 aliphatic heterocycles. The van der Waals surface area contributed by atoms with Crippen LogP contribution in [0.25, 0.3) is 11.4 Å². The number of aromatic nitrogens is 3. The molecule has 0 saturated carbocycles. The van der Waals surface area contributed by atoms with Gasteiger partial charge in [0.25, 0.3) is 0 Å². The molecule has 3 rings (SSSR count). The molecule has 2 aromatic carbocycles. The van der Waals surface area contributed by atoms with Gasteiger partial charge in [0.1, 0.15) is 6.29 Å². The van der Waals surface area contributed by atoms with E-state index in [0.29, 0.717) is 30.3 Å². The molecule has 0 bridgehead atoms. The van der Waals surface area contributed by atoms with E-state index in [9.17, 15) is 4.79 Å². The van der Waals surface area contributed by atoms with Gasteiger partial charge in [-0.25, -0.2) is 0 Å². The lowest BCUT2D eigenvalue weighted by atomic mass is 10.2. The van der Waals surface area contributed by atoms with Gasteiger partial charge in [0.05, 0.1) is 13.2 Å². The highest BCUT2D eigenvalue weighted by molar-refractivity contribution is 7.99. The number of thioether (sulfide) groups is 1. The molecular weight excluding hydrogens is 374 g/mol. The Balaban J connectivity index is 1.51. The third-order valence-electron chi connectivity index (χ3n) is 4.05. The first-order chi connectivity index (χ1) is 13.7. The van der Waals surface area contributed by atoms with Gasteiger partial charge in [0.2, 0.25) is 0 Å². The fraction of sp³-hybridized carbons (Fsp3) is 0.286. The van der Waals surface area contributed by atoms with Crippen LogP contribution < -0.4 is 9.47 Å². The third-order valence-corrected chi connectivity index (χ3v) is 5.15. The molecule has 146 valence electrons. The van der Waals surface area contributed by atoms with E-state index in [1.807, 2.05) is 48.9 Å². The van der Waals surface area contributed by atoms with Gasteiger partial charge in [-0.15, -0.1) is 10.2 Å². The van der Waals surface area contributed by atoms with Crippen molar-refractivity contribution in [2.45, 2.75) is 18.5 Å². The van der Waals surface area contributed by atoms with Crippen molar-refractivity contribution in [3.8, 4) is 22.9 Å². The van der Waals surface area contributed by atoms with E-state index in [1.165, 1.54) is 0 Å². The van der Waals surface area contributed by atoms with E-state index in [4.69, 9.17) is 9.47 Å². The third kappa shape index (κ3) is 4.92. The highest BCUT2D eigenvalue weighted by atomic mass is 32.2. The normalized spacial score (nSPS) is 10.6. The summed E-state index contributed by atoms with van der Waals surface area (Å²) >= 11 is 1.65. The topological polar surface area (TPSA) is 66.2 Å². The van der Waals surface area contributed by atoms with E-state index in [1.54, 1.807) is 30.0 Å². The predicted molar refractivity (Wildman–Crippen MR) is 110 cm³/mol. The predicted octanol–water partition coefficient (Wildman–Crippen LogP) is 4.25. The van der Waals surface area contributed by atoms with Crippen LogP contribution in [0.1, 0.15) is 23.7 Å². The van der Waals surface area contributed by atoms with Crippen molar-refractivity contribution in [3.05, 3.63) is 54.1 Å². The summed E-state index contributed by atoms with van der Waals surface area (Å²) in [6.07, 6.45) is 1.65. The molecule has 3 aromatic rings. The van der Waals surface area contributed by atoms with Crippen LogP contribution in [0.3, 0.4) is 0 Å². The van der Waals surface area contributed by atoms with Crippen molar-refractivity contribution in [1.29, 1.82) is 0 Å². The van der Waals surface area contributed by atoms with E-state index in [-0.39, 0.29) is 0 Å². The number of carbonyl (C=O) groups is 1. The Morgan fingerprint density at radius 1 is 1.07 bits per heavy atom. The molecule has 0 unspecified atom stereocenters.